The molecule has 0 aliphatic rings. The Labute approximate surface area is 125 Å². The summed E-state index contributed by atoms with van der Waals surface area (Å²) >= 11 is 0. The third-order valence-electron chi connectivity index (χ3n) is 2.98. The van der Waals surface area contributed by atoms with Crippen molar-refractivity contribution in [3.8, 4) is 0 Å². The van der Waals surface area contributed by atoms with E-state index in [1.165, 1.54) is 0 Å². The number of carbonyl (C=O) groups excluding carboxylic acids is 1. The molecule has 0 aromatic carbocycles. The van der Waals surface area contributed by atoms with Gasteiger partial charge >= 0.3 is 0 Å². The van der Waals surface area contributed by atoms with Crippen LogP contribution in [0.1, 0.15) is 33.6 Å². The monoisotopic (exact) mass is 290 g/mol. The average molecular weight is 290 g/mol. The first kappa shape index (κ1) is 21.6. The normalized spacial score (nSPS) is 10.2. The zero-order valence-electron chi connectivity index (χ0n) is 14.3. The van der Waals surface area contributed by atoms with Crippen molar-refractivity contribution in [2.75, 3.05) is 60.7 Å². The van der Waals surface area contributed by atoms with E-state index in [-0.39, 0.29) is 5.91 Å². The first-order valence-electron chi connectivity index (χ1n) is 7.53. The molecule has 0 saturated heterocycles. The SMILES string of the molecule is CC.COCCN(CCCCN(C)C(C)=O)CCOC. The molecule has 0 N–H and O–H groups in total. The van der Waals surface area contributed by atoms with Crippen molar-refractivity contribution in [1.29, 1.82) is 0 Å². The molecule has 1 amide bonds. The molecule has 5 heteroatoms. The van der Waals surface area contributed by atoms with Crippen LogP contribution in [-0.2, 0) is 14.3 Å². The number of hydrogen-bond acceptors (Lipinski definition) is 4. The minimum absolute atomic E-state index is 0.130. The van der Waals surface area contributed by atoms with Crippen molar-refractivity contribution in [2.24, 2.45) is 0 Å². The van der Waals surface area contributed by atoms with Gasteiger partial charge in [-0.2, -0.15) is 0 Å². The van der Waals surface area contributed by atoms with Gasteiger partial charge in [0.1, 0.15) is 0 Å². The Bertz CT molecular complexity index is 205. The third-order valence-corrected chi connectivity index (χ3v) is 2.98. The Kier molecular flexibility index (Phi) is 17.8. The summed E-state index contributed by atoms with van der Waals surface area (Å²) in [6.07, 6.45) is 2.12. The summed E-state index contributed by atoms with van der Waals surface area (Å²) < 4.78 is 10.2. The minimum atomic E-state index is 0.130. The Balaban J connectivity index is 0. The summed E-state index contributed by atoms with van der Waals surface area (Å²) in [4.78, 5) is 15.1. The largest absolute Gasteiger partial charge is 0.383 e. The van der Waals surface area contributed by atoms with Crippen LogP contribution in [-0.4, -0.2) is 76.4 Å². The second kappa shape index (κ2) is 16.4. The Morgan fingerprint density at radius 3 is 1.75 bits per heavy atom. The lowest BCUT2D eigenvalue weighted by Gasteiger charge is -2.22. The van der Waals surface area contributed by atoms with Crippen molar-refractivity contribution in [3.05, 3.63) is 0 Å². The summed E-state index contributed by atoms with van der Waals surface area (Å²) in [5.41, 5.74) is 0. The maximum Gasteiger partial charge on any atom is 0.219 e. The standard InChI is InChI=1S/C13H28N2O3.C2H6/c1-13(16)14(2)7-5-6-8-15(9-11-17-3)10-12-18-4;1-2/h5-12H2,1-4H3;1-2H3. The van der Waals surface area contributed by atoms with Crippen LogP contribution in [0.3, 0.4) is 0 Å². The van der Waals surface area contributed by atoms with Crippen LogP contribution in [0.2, 0.25) is 0 Å². The zero-order valence-corrected chi connectivity index (χ0v) is 14.3. The number of unbranched alkanes of at least 4 members (excludes halogenated alkanes) is 1. The summed E-state index contributed by atoms with van der Waals surface area (Å²) in [7, 11) is 5.28. The highest BCUT2D eigenvalue weighted by Gasteiger charge is 2.05. The molecule has 0 aromatic heterocycles. The van der Waals surface area contributed by atoms with Crippen molar-refractivity contribution in [1.82, 2.24) is 9.80 Å². The van der Waals surface area contributed by atoms with E-state index in [2.05, 4.69) is 4.90 Å². The predicted octanol–water partition coefficient (Wildman–Crippen LogP) is 1.87. The van der Waals surface area contributed by atoms with Crippen molar-refractivity contribution >= 4 is 5.91 Å². The maximum absolute atomic E-state index is 11.0. The summed E-state index contributed by atoms with van der Waals surface area (Å²) in [6.45, 7) is 10.8. The van der Waals surface area contributed by atoms with Gasteiger partial charge in [-0.05, 0) is 19.4 Å². The number of carbonyl (C=O) groups is 1. The number of rotatable bonds is 11. The first-order chi connectivity index (χ1) is 9.61. The van der Waals surface area contributed by atoms with E-state index in [1.807, 2.05) is 20.9 Å². The molecule has 0 saturated carbocycles. The first-order valence-corrected chi connectivity index (χ1v) is 7.53. The van der Waals surface area contributed by atoms with E-state index in [4.69, 9.17) is 9.47 Å². The van der Waals surface area contributed by atoms with Gasteiger partial charge in [0.25, 0.3) is 0 Å². The molecule has 0 atom stereocenters. The van der Waals surface area contributed by atoms with E-state index in [1.54, 1.807) is 26.0 Å². The summed E-state index contributed by atoms with van der Waals surface area (Å²) in [5, 5.41) is 0. The van der Waals surface area contributed by atoms with E-state index < -0.39 is 0 Å². The molecule has 0 bridgehead atoms. The Morgan fingerprint density at radius 1 is 0.900 bits per heavy atom. The molecule has 0 fully saturated rings. The van der Waals surface area contributed by atoms with Crippen LogP contribution in [0.5, 0.6) is 0 Å². The van der Waals surface area contributed by atoms with Crippen molar-refractivity contribution in [3.63, 3.8) is 0 Å². The molecule has 20 heavy (non-hydrogen) atoms. The minimum Gasteiger partial charge on any atom is -0.383 e. The Hall–Kier alpha value is -0.650. The Morgan fingerprint density at radius 2 is 1.35 bits per heavy atom. The smallest absolute Gasteiger partial charge is 0.219 e. The van der Waals surface area contributed by atoms with Crippen molar-refractivity contribution in [2.45, 2.75) is 33.6 Å². The maximum atomic E-state index is 11.0. The fraction of sp³-hybridized carbons (Fsp3) is 0.933. The van der Waals surface area contributed by atoms with Gasteiger partial charge in [-0.3, -0.25) is 9.69 Å². The topological polar surface area (TPSA) is 42.0 Å². The van der Waals surface area contributed by atoms with Gasteiger partial charge in [0, 0.05) is 47.8 Å². The molecule has 5 nitrogen and oxygen atoms in total. The molecule has 0 aliphatic heterocycles. The molecule has 0 spiro atoms. The van der Waals surface area contributed by atoms with Gasteiger partial charge in [0.05, 0.1) is 13.2 Å². The molecule has 0 radical (unpaired) electrons. The second-order valence-electron chi connectivity index (χ2n) is 4.47. The predicted molar refractivity (Wildman–Crippen MR) is 84.1 cm³/mol. The van der Waals surface area contributed by atoms with Crippen LogP contribution >= 0.6 is 0 Å². The van der Waals surface area contributed by atoms with Gasteiger partial charge in [-0.1, -0.05) is 13.8 Å². The number of nitrogens with zero attached hydrogens (tertiary/aromatic N) is 2. The molecule has 122 valence electrons. The highest BCUT2D eigenvalue weighted by molar-refractivity contribution is 5.72. The third kappa shape index (κ3) is 13.8. The highest BCUT2D eigenvalue weighted by Crippen LogP contribution is 1.98. The van der Waals surface area contributed by atoms with Gasteiger partial charge < -0.3 is 14.4 Å². The van der Waals surface area contributed by atoms with E-state index in [9.17, 15) is 4.79 Å². The molecule has 0 heterocycles. The summed E-state index contributed by atoms with van der Waals surface area (Å²) in [5.74, 6) is 0.130. The number of ether oxygens (including phenoxy) is 2. The van der Waals surface area contributed by atoms with E-state index >= 15 is 0 Å². The summed E-state index contributed by atoms with van der Waals surface area (Å²) in [6, 6.07) is 0. The van der Waals surface area contributed by atoms with E-state index in [0.717, 1.165) is 52.2 Å². The lowest BCUT2D eigenvalue weighted by molar-refractivity contribution is -0.127. The molecular formula is C15H34N2O3. The zero-order chi connectivity index (χ0) is 15.8. The number of amides is 1. The van der Waals surface area contributed by atoms with Crippen LogP contribution in [0.25, 0.3) is 0 Å². The van der Waals surface area contributed by atoms with Crippen LogP contribution in [0, 0.1) is 0 Å². The highest BCUT2D eigenvalue weighted by atomic mass is 16.5. The van der Waals surface area contributed by atoms with Gasteiger partial charge in [-0.15, -0.1) is 0 Å². The van der Waals surface area contributed by atoms with Gasteiger partial charge in [0.15, 0.2) is 0 Å². The quantitative estimate of drug-likeness (QED) is 0.545. The van der Waals surface area contributed by atoms with E-state index in [0.29, 0.717) is 0 Å². The molecule has 0 rings (SSSR count). The lowest BCUT2D eigenvalue weighted by atomic mass is 10.2. The lowest BCUT2D eigenvalue weighted by Crippen LogP contribution is -2.32. The van der Waals surface area contributed by atoms with Gasteiger partial charge in [0.2, 0.25) is 5.91 Å². The molecule has 0 aliphatic carbocycles. The van der Waals surface area contributed by atoms with Crippen LogP contribution < -0.4 is 0 Å². The number of hydrogen-bond donors (Lipinski definition) is 0. The van der Waals surface area contributed by atoms with Crippen LogP contribution in [0.4, 0.5) is 0 Å². The fourth-order valence-electron chi connectivity index (χ4n) is 1.62. The molecular weight excluding hydrogens is 256 g/mol. The second-order valence-corrected chi connectivity index (χ2v) is 4.47. The average Bonchev–Trinajstić information content (AvgIpc) is 2.47. The molecule has 0 unspecified atom stereocenters. The van der Waals surface area contributed by atoms with Gasteiger partial charge in [-0.25, -0.2) is 0 Å². The fourth-order valence-corrected chi connectivity index (χ4v) is 1.62. The molecule has 0 aromatic rings. The van der Waals surface area contributed by atoms with Crippen LogP contribution in [0.15, 0.2) is 0 Å². The number of methoxy groups -OCH3 is 2. The van der Waals surface area contributed by atoms with Crippen molar-refractivity contribution < 1.29 is 14.3 Å².